The van der Waals surface area contributed by atoms with Crippen LogP contribution in [-0.2, 0) is 30.8 Å². The van der Waals surface area contributed by atoms with Gasteiger partial charge in [0.15, 0.2) is 5.96 Å². The smallest absolute Gasteiger partial charge is 0.191 e. The number of methoxy groups -OCH3 is 1. The van der Waals surface area contributed by atoms with Gasteiger partial charge in [0.1, 0.15) is 0 Å². The lowest BCUT2D eigenvalue weighted by molar-refractivity contribution is 0.182. The van der Waals surface area contributed by atoms with Crippen molar-refractivity contribution in [2.24, 2.45) is 4.99 Å². The number of aliphatic imine (C=N–C) groups is 1. The average Bonchev–Trinajstić information content (AvgIpc) is 2.93. The molecule has 6 nitrogen and oxygen atoms in total. The molecule has 0 saturated heterocycles. The van der Waals surface area contributed by atoms with Crippen molar-refractivity contribution < 1.29 is 4.74 Å². The van der Waals surface area contributed by atoms with Crippen LogP contribution in [0.2, 0.25) is 0 Å². The Morgan fingerprint density at radius 2 is 1.85 bits per heavy atom. The molecule has 26 heavy (non-hydrogen) atoms. The van der Waals surface area contributed by atoms with Crippen molar-refractivity contribution >= 4 is 5.96 Å². The Kier molecular flexibility index (Phi) is 7.66. The highest BCUT2D eigenvalue weighted by Crippen LogP contribution is 2.13. The predicted octanol–water partition coefficient (Wildman–Crippen LogP) is 2.57. The second-order valence-electron chi connectivity index (χ2n) is 6.27. The molecule has 1 heterocycles. The van der Waals surface area contributed by atoms with Crippen molar-refractivity contribution in [1.29, 1.82) is 0 Å². The number of aromatic nitrogens is 2. The molecule has 0 radical (unpaired) electrons. The summed E-state index contributed by atoms with van der Waals surface area (Å²) in [6, 6.07) is 8.50. The maximum atomic E-state index is 5.15. The molecular weight excluding hydrogens is 326 g/mol. The zero-order valence-corrected chi connectivity index (χ0v) is 16.6. The van der Waals surface area contributed by atoms with Crippen LogP contribution in [-0.4, -0.2) is 36.5 Å². The van der Waals surface area contributed by atoms with Crippen LogP contribution in [0.1, 0.15) is 35.0 Å². The summed E-state index contributed by atoms with van der Waals surface area (Å²) in [5.74, 6) is 0.791. The number of guanidine groups is 1. The molecule has 142 valence electrons. The first-order valence-electron chi connectivity index (χ1n) is 9.13. The molecule has 0 bridgehead atoms. The number of hydrogen-bond acceptors (Lipinski definition) is 3. The molecule has 1 aromatic carbocycles. The fraction of sp³-hybridized carbons (Fsp3) is 0.500. The Bertz CT molecular complexity index is 736. The molecule has 2 N–H and O–H groups in total. The van der Waals surface area contributed by atoms with Gasteiger partial charge in [0.25, 0.3) is 0 Å². The molecule has 1 aromatic heterocycles. The lowest BCUT2D eigenvalue weighted by atomic mass is 10.1. The minimum Gasteiger partial charge on any atom is -0.383 e. The third kappa shape index (κ3) is 5.08. The van der Waals surface area contributed by atoms with Crippen molar-refractivity contribution in [1.82, 2.24) is 20.4 Å². The van der Waals surface area contributed by atoms with Gasteiger partial charge in [-0.1, -0.05) is 31.2 Å². The van der Waals surface area contributed by atoms with E-state index in [4.69, 9.17) is 4.74 Å². The van der Waals surface area contributed by atoms with E-state index in [1.165, 1.54) is 22.4 Å². The highest BCUT2D eigenvalue weighted by molar-refractivity contribution is 5.79. The summed E-state index contributed by atoms with van der Waals surface area (Å²) in [4.78, 5) is 4.34. The predicted molar refractivity (Wildman–Crippen MR) is 106 cm³/mol. The van der Waals surface area contributed by atoms with Gasteiger partial charge in [-0.15, -0.1) is 0 Å². The Hall–Kier alpha value is -2.34. The largest absolute Gasteiger partial charge is 0.383 e. The molecule has 0 fully saturated rings. The summed E-state index contributed by atoms with van der Waals surface area (Å²) in [7, 11) is 3.50. The van der Waals surface area contributed by atoms with Gasteiger partial charge in [-0.2, -0.15) is 5.10 Å². The average molecular weight is 358 g/mol. The summed E-state index contributed by atoms with van der Waals surface area (Å²) < 4.78 is 7.16. The van der Waals surface area contributed by atoms with Gasteiger partial charge < -0.3 is 15.4 Å². The van der Waals surface area contributed by atoms with Crippen LogP contribution >= 0.6 is 0 Å². The number of nitrogens with zero attached hydrogens (tertiary/aromatic N) is 3. The maximum Gasteiger partial charge on any atom is 0.191 e. The van der Waals surface area contributed by atoms with Crippen molar-refractivity contribution in [3.63, 3.8) is 0 Å². The first-order valence-corrected chi connectivity index (χ1v) is 9.13. The van der Waals surface area contributed by atoms with E-state index in [-0.39, 0.29) is 0 Å². The number of hydrogen-bond donors (Lipinski definition) is 2. The van der Waals surface area contributed by atoms with Gasteiger partial charge in [0.2, 0.25) is 0 Å². The van der Waals surface area contributed by atoms with Crippen LogP contribution in [0.3, 0.4) is 0 Å². The molecule has 0 amide bonds. The second-order valence-corrected chi connectivity index (χ2v) is 6.27. The van der Waals surface area contributed by atoms with E-state index in [0.29, 0.717) is 13.2 Å². The summed E-state index contributed by atoms with van der Waals surface area (Å²) in [5.41, 5.74) is 6.08. The molecule has 2 rings (SSSR count). The summed E-state index contributed by atoms with van der Waals surface area (Å²) in [6.07, 6.45) is 1.03. The Morgan fingerprint density at radius 1 is 1.15 bits per heavy atom. The fourth-order valence-corrected chi connectivity index (χ4v) is 3.03. The fourth-order valence-electron chi connectivity index (χ4n) is 3.03. The van der Waals surface area contributed by atoms with Crippen molar-refractivity contribution in [3.8, 4) is 0 Å². The Morgan fingerprint density at radius 3 is 2.50 bits per heavy atom. The zero-order valence-electron chi connectivity index (χ0n) is 16.6. The molecule has 0 saturated carbocycles. The van der Waals surface area contributed by atoms with Gasteiger partial charge in [-0.3, -0.25) is 9.67 Å². The van der Waals surface area contributed by atoms with Crippen LogP contribution < -0.4 is 10.6 Å². The van der Waals surface area contributed by atoms with E-state index >= 15 is 0 Å². The molecule has 0 unspecified atom stereocenters. The third-order valence-electron chi connectivity index (χ3n) is 4.64. The van der Waals surface area contributed by atoms with E-state index in [9.17, 15) is 0 Å². The van der Waals surface area contributed by atoms with Crippen LogP contribution in [0.4, 0.5) is 0 Å². The monoisotopic (exact) mass is 357 g/mol. The van der Waals surface area contributed by atoms with E-state index in [2.05, 4.69) is 58.8 Å². The molecular formula is C20H31N5O. The Labute approximate surface area is 156 Å². The molecule has 0 atom stereocenters. The first-order chi connectivity index (χ1) is 12.6. The highest BCUT2D eigenvalue weighted by atomic mass is 16.5. The van der Waals surface area contributed by atoms with Gasteiger partial charge in [0, 0.05) is 38.5 Å². The lowest BCUT2D eigenvalue weighted by Gasteiger charge is -2.14. The quantitative estimate of drug-likeness (QED) is 0.563. The molecule has 0 spiro atoms. The van der Waals surface area contributed by atoms with Crippen molar-refractivity contribution in [3.05, 3.63) is 52.3 Å². The number of rotatable bonds is 8. The number of aryl methyl sites for hydroxylation is 2. The third-order valence-corrected chi connectivity index (χ3v) is 4.64. The van der Waals surface area contributed by atoms with E-state index in [1.54, 1.807) is 14.2 Å². The minimum absolute atomic E-state index is 0.662. The lowest BCUT2D eigenvalue weighted by Crippen LogP contribution is -2.36. The van der Waals surface area contributed by atoms with Gasteiger partial charge in [0.05, 0.1) is 18.8 Å². The zero-order chi connectivity index (χ0) is 18.9. The molecule has 0 aliphatic rings. The van der Waals surface area contributed by atoms with E-state index in [1.807, 2.05) is 11.6 Å². The topological polar surface area (TPSA) is 63.5 Å². The number of ether oxygens (including phenoxy) is 1. The Balaban J connectivity index is 1.96. The first kappa shape index (κ1) is 20.0. The normalized spacial score (nSPS) is 11.7. The van der Waals surface area contributed by atoms with E-state index in [0.717, 1.165) is 31.2 Å². The van der Waals surface area contributed by atoms with Gasteiger partial charge in [-0.05, 0) is 31.4 Å². The van der Waals surface area contributed by atoms with Gasteiger partial charge >= 0.3 is 0 Å². The van der Waals surface area contributed by atoms with Crippen molar-refractivity contribution in [2.75, 3.05) is 20.8 Å². The minimum atomic E-state index is 0.662. The number of benzene rings is 1. The molecule has 0 aliphatic heterocycles. The van der Waals surface area contributed by atoms with Crippen LogP contribution in [0.5, 0.6) is 0 Å². The van der Waals surface area contributed by atoms with Crippen molar-refractivity contribution in [2.45, 2.75) is 46.8 Å². The van der Waals surface area contributed by atoms with Crippen LogP contribution in [0.25, 0.3) is 0 Å². The molecule has 2 aromatic rings. The number of nitrogens with one attached hydrogen (secondary N) is 2. The van der Waals surface area contributed by atoms with E-state index < -0.39 is 0 Å². The summed E-state index contributed by atoms with van der Waals surface area (Å²) in [6.45, 7) is 9.20. The molecule has 6 heteroatoms. The SMILES string of the molecule is CCc1ccccc1CNC(=NC)NCc1c(C)nn(CCOC)c1C. The summed E-state index contributed by atoms with van der Waals surface area (Å²) >= 11 is 0. The standard InChI is InChI=1S/C20H31N5O/c1-6-17-9-7-8-10-18(17)13-22-20(21-4)23-14-19-15(2)24-25(16(19)3)11-12-26-5/h7-10H,6,11-14H2,1-5H3,(H2,21,22,23). The van der Waals surface area contributed by atoms with Crippen LogP contribution in [0, 0.1) is 13.8 Å². The van der Waals surface area contributed by atoms with Gasteiger partial charge in [-0.25, -0.2) is 0 Å². The second kappa shape index (κ2) is 9.97. The maximum absolute atomic E-state index is 5.15. The molecule has 0 aliphatic carbocycles. The summed E-state index contributed by atoms with van der Waals surface area (Å²) in [5, 5.41) is 11.4. The van der Waals surface area contributed by atoms with Crippen LogP contribution in [0.15, 0.2) is 29.3 Å². The highest BCUT2D eigenvalue weighted by Gasteiger charge is 2.12.